The summed E-state index contributed by atoms with van der Waals surface area (Å²) in [5.41, 5.74) is 11.5. The zero-order valence-electron chi connectivity index (χ0n) is 40.8. The monoisotopic (exact) mass is 1010 g/mol. The van der Waals surface area contributed by atoms with Crippen LogP contribution in [0, 0.1) is 68.0 Å². The van der Waals surface area contributed by atoms with Crippen LogP contribution < -0.4 is 0 Å². The van der Waals surface area contributed by atoms with E-state index < -0.39 is 11.7 Å². The fraction of sp³-hybridized carbons (Fsp3) is 0.0149. The van der Waals surface area contributed by atoms with E-state index >= 15 is 0 Å². The maximum atomic E-state index is 14.4. The van der Waals surface area contributed by atoms with Crippen LogP contribution >= 0.6 is 0 Å². The third kappa shape index (κ3) is 8.08. The van der Waals surface area contributed by atoms with Gasteiger partial charge in [0.15, 0.2) is 0 Å². The van der Waals surface area contributed by atoms with Crippen LogP contribution in [-0.2, 0) is 6.18 Å². The first-order chi connectivity index (χ1) is 38.0. The standard InChI is InChI=1S/C67H33F3N8/c68-67(69,70)54-21-26-55(53(27-54)38-75)52-32-65(77-61-28-48(44-9-1-40(34-71)2-10-44)17-22-56(61)57-23-18-49(29-62(57)77)45-11-3-41(35-72)4-12-45)60(39-76)66(33-52)78-63-30-50(46-13-5-42(36-73)6-14-46)19-24-58(63)59-25-20-51(31-64(59)78)47-15-7-43(37-74)8-16-47/h1-33H. The molecular weight excluding hydrogens is 974 g/mol. The summed E-state index contributed by atoms with van der Waals surface area (Å²) in [5, 5.41) is 64.5. The SMILES string of the molecule is N#Cc1ccc(-c2ccc3c4ccc(-c5ccc(C#N)cc5)cc4n(-c4cc(-c5ccc(C(F)(F)F)cc5C#N)cc(-n5c6cc(-c7ccc(C#N)cc7)ccc6c6ccc(-c7ccc(C#N)cc7)cc65)c4C#N)c3c2)cc1. The second-order valence-corrected chi connectivity index (χ2v) is 18.7. The molecule has 0 fully saturated rings. The Kier molecular flexibility index (Phi) is 11.4. The third-order valence-corrected chi connectivity index (χ3v) is 14.4. The average molecular weight is 1010 g/mol. The molecule has 0 radical (unpaired) electrons. The van der Waals surface area contributed by atoms with Crippen molar-refractivity contribution in [2.45, 2.75) is 6.18 Å². The van der Waals surface area contributed by atoms with E-state index in [1.807, 2.05) is 137 Å². The number of fused-ring (bicyclic) bond motifs is 6. The Morgan fingerprint density at radius 1 is 0.295 bits per heavy atom. The maximum absolute atomic E-state index is 14.4. The van der Waals surface area contributed by atoms with Gasteiger partial charge >= 0.3 is 6.18 Å². The van der Waals surface area contributed by atoms with Crippen LogP contribution in [0.1, 0.15) is 38.9 Å². The van der Waals surface area contributed by atoms with Crippen molar-refractivity contribution in [2.75, 3.05) is 0 Å². The highest BCUT2D eigenvalue weighted by Crippen LogP contribution is 2.44. The van der Waals surface area contributed by atoms with Gasteiger partial charge in [-0.1, -0.05) is 103 Å². The highest BCUT2D eigenvalue weighted by molar-refractivity contribution is 6.13. The van der Waals surface area contributed by atoms with Gasteiger partial charge < -0.3 is 9.13 Å². The molecular formula is C67H33F3N8. The molecule has 0 aliphatic carbocycles. The second kappa shape index (κ2) is 18.8. The number of benzene rings is 10. The van der Waals surface area contributed by atoms with Crippen LogP contribution in [0.2, 0.25) is 0 Å². The fourth-order valence-electron chi connectivity index (χ4n) is 10.5. The molecule has 0 atom stereocenters. The summed E-state index contributed by atoms with van der Waals surface area (Å²) in [4.78, 5) is 0. The molecule has 0 amide bonds. The summed E-state index contributed by atoms with van der Waals surface area (Å²) in [6, 6.07) is 72.8. The van der Waals surface area contributed by atoms with Crippen molar-refractivity contribution in [2.24, 2.45) is 0 Å². The summed E-state index contributed by atoms with van der Waals surface area (Å²) in [5.74, 6) is 0. The van der Waals surface area contributed by atoms with Gasteiger partial charge in [0.05, 0.1) is 97.2 Å². The normalized spacial score (nSPS) is 11.2. The Hall–Kier alpha value is -11.5. The van der Waals surface area contributed by atoms with Gasteiger partial charge in [-0.25, -0.2) is 0 Å². The molecule has 2 aromatic heterocycles. The van der Waals surface area contributed by atoms with E-state index in [9.17, 15) is 44.7 Å². The lowest BCUT2D eigenvalue weighted by molar-refractivity contribution is -0.137. The molecule has 0 saturated heterocycles. The molecule has 10 aromatic carbocycles. The molecule has 0 N–H and O–H groups in total. The Balaban J connectivity index is 1.23. The zero-order valence-corrected chi connectivity index (χ0v) is 40.8. The Labute approximate surface area is 444 Å². The van der Waals surface area contributed by atoms with E-state index in [1.165, 1.54) is 6.07 Å². The molecule has 2 heterocycles. The van der Waals surface area contributed by atoms with Gasteiger partial charge in [0.25, 0.3) is 0 Å². The Bertz CT molecular complexity index is 4260. The van der Waals surface area contributed by atoms with Gasteiger partial charge in [-0.15, -0.1) is 0 Å². The molecule has 12 rings (SSSR count). The number of hydrogen-bond donors (Lipinski definition) is 0. The minimum absolute atomic E-state index is 0.196. The Morgan fingerprint density at radius 2 is 0.603 bits per heavy atom. The summed E-state index contributed by atoms with van der Waals surface area (Å²) in [7, 11) is 0. The highest BCUT2D eigenvalue weighted by atomic mass is 19.4. The van der Waals surface area contributed by atoms with Crippen molar-refractivity contribution in [3.05, 3.63) is 239 Å². The summed E-state index contributed by atoms with van der Waals surface area (Å²) < 4.78 is 47.2. The highest BCUT2D eigenvalue weighted by Gasteiger charge is 2.32. The molecule has 8 nitrogen and oxygen atoms in total. The molecule has 78 heavy (non-hydrogen) atoms. The van der Waals surface area contributed by atoms with Crippen LogP contribution in [0.15, 0.2) is 200 Å². The van der Waals surface area contributed by atoms with Crippen molar-refractivity contribution in [3.63, 3.8) is 0 Å². The molecule has 0 saturated carbocycles. The fourth-order valence-corrected chi connectivity index (χ4v) is 10.5. The third-order valence-electron chi connectivity index (χ3n) is 14.4. The summed E-state index contributed by atoms with van der Waals surface area (Å²) in [6.07, 6.45) is -4.74. The molecule has 0 spiro atoms. The smallest absolute Gasteiger partial charge is 0.308 e. The summed E-state index contributed by atoms with van der Waals surface area (Å²) in [6.45, 7) is 0. The second-order valence-electron chi connectivity index (χ2n) is 18.7. The first-order valence-corrected chi connectivity index (χ1v) is 24.4. The van der Waals surface area contributed by atoms with Gasteiger partial charge in [0.2, 0.25) is 0 Å². The number of halogens is 3. The lowest BCUT2D eigenvalue weighted by atomic mass is 9.95. The van der Waals surface area contributed by atoms with E-state index in [0.29, 0.717) is 61.3 Å². The molecule has 12 aromatic rings. The van der Waals surface area contributed by atoms with Gasteiger partial charge in [-0.3, -0.25) is 0 Å². The molecule has 362 valence electrons. The zero-order chi connectivity index (χ0) is 53.8. The molecule has 0 bridgehead atoms. The van der Waals surface area contributed by atoms with E-state index in [4.69, 9.17) is 0 Å². The van der Waals surface area contributed by atoms with Crippen LogP contribution in [0.25, 0.3) is 111 Å². The minimum Gasteiger partial charge on any atom is -0.308 e. The molecule has 0 aliphatic heterocycles. The summed E-state index contributed by atoms with van der Waals surface area (Å²) >= 11 is 0. The molecule has 0 unspecified atom stereocenters. The van der Waals surface area contributed by atoms with Gasteiger partial charge in [0.1, 0.15) is 11.6 Å². The van der Waals surface area contributed by atoms with Crippen molar-refractivity contribution in [1.82, 2.24) is 9.13 Å². The number of hydrogen-bond acceptors (Lipinski definition) is 6. The quantitative estimate of drug-likeness (QED) is 0.155. The average Bonchev–Trinajstić information content (AvgIpc) is 4.02. The van der Waals surface area contributed by atoms with Gasteiger partial charge in [-0.05, 0) is 153 Å². The first-order valence-electron chi connectivity index (χ1n) is 24.4. The van der Waals surface area contributed by atoms with Crippen LogP contribution in [0.3, 0.4) is 0 Å². The predicted molar refractivity (Wildman–Crippen MR) is 296 cm³/mol. The molecule has 11 heteroatoms. The number of aromatic nitrogens is 2. The number of nitriles is 6. The van der Waals surface area contributed by atoms with Crippen molar-refractivity contribution < 1.29 is 13.2 Å². The van der Waals surface area contributed by atoms with E-state index in [1.54, 1.807) is 60.7 Å². The number of alkyl halides is 3. The van der Waals surface area contributed by atoms with Crippen LogP contribution in [0.5, 0.6) is 0 Å². The van der Waals surface area contributed by atoms with Crippen molar-refractivity contribution in [1.29, 1.82) is 31.6 Å². The maximum Gasteiger partial charge on any atom is 0.416 e. The lowest BCUT2D eigenvalue weighted by Crippen LogP contribution is -2.07. The topological polar surface area (TPSA) is 153 Å². The van der Waals surface area contributed by atoms with E-state index in [0.717, 1.165) is 78.2 Å². The van der Waals surface area contributed by atoms with Crippen molar-refractivity contribution in [3.8, 4) is 103 Å². The first kappa shape index (κ1) is 47.5. The molecule has 0 aliphatic rings. The minimum atomic E-state index is -4.74. The lowest BCUT2D eigenvalue weighted by Gasteiger charge is -2.20. The van der Waals surface area contributed by atoms with Gasteiger partial charge in [-0.2, -0.15) is 44.7 Å². The van der Waals surface area contributed by atoms with Crippen LogP contribution in [0.4, 0.5) is 13.2 Å². The Morgan fingerprint density at radius 3 is 0.872 bits per heavy atom. The predicted octanol–water partition coefficient (Wildman–Crippen LogP) is 16.5. The number of nitrogens with zero attached hydrogens (tertiary/aromatic N) is 8. The number of rotatable bonds is 7. The van der Waals surface area contributed by atoms with Gasteiger partial charge in [0, 0.05) is 21.5 Å². The van der Waals surface area contributed by atoms with Crippen molar-refractivity contribution >= 4 is 43.6 Å². The van der Waals surface area contributed by atoms with E-state index in [2.05, 4.69) is 30.3 Å². The van der Waals surface area contributed by atoms with Crippen LogP contribution in [-0.4, -0.2) is 9.13 Å². The largest absolute Gasteiger partial charge is 0.416 e. The van der Waals surface area contributed by atoms with E-state index in [-0.39, 0.29) is 16.7 Å².